The lowest BCUT2D eigenvalue weighted by atomic mass is 9.97. The summed E-state index contributed by atoms with van der Waals surface area (Å²) in [6.07, 6.45) is 0.840. The van der Waals surface area contributed by atoms with Crippen molar-refractivity contribution in [3.63, 3.8) is 0 Å². The Bertz CT molecular complexity index is 557. The number of nitrogens with zero attached hydrogens (tertiary/aromatic N) is 3. The summed E-state index contributed by atoms with van der Waals surface area (Å²) in [7, 11) is 0. The molecule has 0 spiro atoms. The second-order valence-corrected chi connectivity index (χ2v) is 4.13. The molecule has 0 aromatic carbocycles. The first-order valence-electron chi connectivity index (χ1n) is 6.05. The first kappa shape index (κ1) is 14.4. The van der Waals surface area contributed by atoms with Gasteiger partial charge in [0, 0.05) is 24.2 Å². The number of hydrogen-bond donors (Lipinski definition) is 1. The minimum atomic E-state index is -4.42. The highest BCUT2D eigenvalue weighted by molar-refractivity contribution is 5.35. The SMILES string of the molecule is CCNC(c1ccnnc1)c1cnccc1C(F)(F)F. The van der Waals surface area contributed by atoms with Gasteiger partial charge in [-0.2, -0.15) is 23.4 Å². The highest BCUT2D eigenvalue weighted by atomic mass is 19.4. The molecule has 2 aromatic rings. The molecule has 4 nitrogen and oxygen atoms in total. The fourth-order valence-corrected chi connectivity index (χ4v) is 1.98. The summed E-state index contributed by atoms with van der Waals surface area (Å²) in [6, 6.07) is 1.99. The molecule has 0 saturated carbocycles. The van der Waals surface area contributed by atoms with Crippen molar-refractivity contribution < 1.29 is 13.2 Å². The van der Waals surface area contributed by atoms with Crippen LogP contribution in [0.2, 0.25) is 0 Å². The molecular weight excluding hydrogens is 269 g/mol. The standard InChI is InChI=1S/C13H13F3N4/c1-2-18-12(9-3-6-19-20-7-9)10-8-17-5-4-11(10)13(14,15)16/h3-8,12,18H,2H2,1H3. The Labute approximate surface area is 114 Å². The number of halogens is 3. The van der Waals surface area contributed by atoms with Gasteiger partial charge in [0.05, 0.1) is 17.8 Å². The molecule has 2 rings (SSSR count). The fourth-order valence-electron chi connectivity index (χ4n) is 1.98. The van der Waals surface area contributed by atoms with Gasteiger partial charge in [-0.05, 0) is 24.2 Å². The van der Waals surface area contributed by atoms with Gasteiger partial charge >= 0.3 is 6.18 Å². The predicted molar refractivity (Wildman–Crippen MR) is 66.8 cm³/mol. The van der Waals surface area contributed by atoms with Gasteiger partial charge in [-0.15, -0.1) is 0 Å². The van der Waals surface area contributed by atoms with Crippen LogP contribution in [0.5, 0.6) is 0 Å². The molecule has 0 saturated heterocycles. The molecule has 0 aliphatic heterocycles. The Hall–Kier alpha value is -2.02. The molecule has 0 bridgehead atoms. The highest BCUT2D eigenvalue weighted by Gasteiger charge is 2.35. The number of pyridine rings is 1. The maximum Gasteiger partial charge on any atom is 0.416 e. The van der Waals surface area contributed by atoms with E-state index in [1.807, 2.05) is 6.92 Å². The zero-order chi connectivity index (χ0) is 14.6. The van der Waals surface area contributed by atoms with E-state index < -0.39 is 17.8 Å². The van der Waals surface area contributed by atoms with Gasteiger partial charge in [-0.25, -0.2) is 0 Å². The first-order valence-corrected chi connectivity index (χ1v) is 6.05. The first-order chi connectivity index (χ1) is 9.54. The van der Waals surface area contributed by atoms with Crippen LogP contribution in [0.1, 0.15) is 29.7 Å². The molecule has 2 aromatic heterocycles. The minimum Gasteiger partial charge on any atom is -0.306 e. The Morgan fingerprint density at radius 3 is 2.55 bits per heavy atom. The summed E-state index contributed by atoms with van der Waals surface area (Å²) in [5, 5.41) is 10.4. The van der Waals surface area contributed by atoms with Crippen molar-refractivity contribution in [3.05, 3.63) is 53.6 Å². The summed E-state index contributed by atoms with van der Waals surface area (Å²) in [6.45, 7) is 2.34. The van der Waals surface area contributed by atoms with E-state index in [-0.39, 0.29) is 5.56 Å². The molecule has 1 unspecified atom stereocenters. The third-order valence-electron chi connectivity index (χ3n) is 2.82. The third kappa shape index (κ3) is 3.11. The molecule has 0 fully saturated rings. The zero-order valence-electron chi connectivity index (χ0n) is 10.7. The summed E-state index contributed by atoms with van der Waals surface area (Å²) in [5.74, 6) is 0. The molecule has 106 valence electrons. The van der Waals surface area contributed by atoms with Gasteiger partial charge in [0.2, 0.25) is 0 Å². The van der Waals surface area contributed by atoms with Crippen LogP contribution in [0.15, 0.2) is 36.9 Å². The van der Waals surface area contributed by atoms with E-state index in [0.29, 0.717) is 12.1 Å². The molecule has 1 N–H and O–H groups in total. The van der Waals surface area contributed by atoms with Crippen LogP contribution in [0.3, 0.4) is 0 Å². The number of alkyl halides is 3. The van der Waals surface area contributed by atoms with E-state index in [0.717, 1.165) is 12.3 Å². The maximum atomic E-state index is 13.1. The molecule has 7 heteroatoms. The number of aromatic nitrogens is 3. The lowest BCUT2D eigenvalue weighted by Gasteiger charge is -2.21. The largest absolute Gasteiger partial charge is 0.416 e. The van der Waals surface area contributed by atoms with Crippen molar-refractivity contribution in [3.8, 4) is 0 Å². The summed E-state index contributed by atoms with van der Waals surface area (Å²) in [4.78, 5) is 3.81. The third-order valence-corrected chi connectivity index (χ3v) is 2.82. The normalized spacial score (nSPS) is 13.2. The van der Waals surface area contributed by atoms with Gasteiger partial charge in [0.15, 0.2) is 0 Å². The number of hydrogen-bond acceptors (Lipinski definition) is 4. The average molecular weight is 282 g/mol. The van der Waals surface area contributed by atoms with Gasteiger partial charge in [-0.1, -0.05) is 6.92 Å². The Balaban J connectivity index is 2.51. The van der Waals surface area contributed by atoms with Crippen LogP contribution in [0, 0.1) is 0 Å². The zero-order valence-corrected chi connectivity index (χ0v) is 10.7. The van der Waals surface area contributed by atoms with Crippen molar-refractivity contribution >= 4 is 0 Å². The van der Waals surface area contributed by atoms with Gasteiger partial charge in [0.1, 0.15) is 0 Å². The highest BCUT2D eigenvalue weighted by Crippen LogP contribution is 2.35. The molecule has 0 aliphatic rings. The van der Waals surface area contributed by atoms with E-state index in [1.165, 1.54) is 18.6 Å². The van der Waals surface area contributed by atoms with Crippen molar-refractivity contribution in [2.45, 2.75) is 19.1 Å². The second kappa shape index (κ2) is 5.96. The van der Waals surface area contributed by atoms with Crippen LogP contribution < -0.4 is 5.32 Å². The topological polar surface area (TPSA) is 50.7 Å². The average Bonchev–Trinajstić information content (AvgIpc) is 2.45. The Morgan fingerprint density at radius 2 is 1.95 bits per heavy atom. The van der Waals surface area contributed by atoms with E-state index >= 15 is 0 Å². The molecular formula is C13H13F3N4. The molecule has 0 radical (unpaired) electrons. The van der Waals surface area contributed by atoms with E-state index in [4.69, 9.17) is 0 Å². The van der Waals surface area contributed by atoms with Gasteiger partial charge in [0.25, 0.3) is 0 Å². The van der Waals surface area contributed by atoms with Gasteiger partial charge in [-0.3, -0.25) is 4.98 Å². The predicted octanol–water partition coefficient (Wildman–Crippen LogP) is 2.59. The van der Waals surface area contributed by atoms with Crippen molar-refractivity contribution in [1.29, 1.82) is 0 Å². The van der Waals surface area contributed by atoms with Crippen LogP contribution >= 0.6 is 0 Å². The Kier molecular flexibility index (Phi) is 4.29. The summed E-state index contributed by atoms with van der Waals surface area (Å²) in [5.41, 5.74) is -0.00883. The van der Waals surface area contributed by atoms with E-state index in [9.17, 15) is 13.2 Å². The van der Waals surface area contributed by atoms with Crippen LogP contribution in [-0.2, 0) is 6.18 Å². The minimum absolute atomic E-state index is 0.0786. The quantitative estimate of drug-likeness (QED) is 0.936. The molecule has 20 heavy (non-hydrogen) atoms. The van der Waals surface area contributed by atoms with E-state index in [2.05, 4.69) is 20.5 Å². The van der Waals surface area contributed by atoms with Crippen LogP contribution in [-0.4, -0.2) is 21.7 Å². The van der Waals surface area contributed by atoms with Crippen molar-refractivity contribution in [2.75, 3.05) is 6.54 Å². The van der Waals surface area contributed by atoms with Crippen LogP contribution in [0.25, 0.3) is 0 Å². The monoisotopic (exact) mass is 282 g/mol. The molecule has 2 heterocycles. The molecule has 1 atom stereocenters. The molecule has 0 aliphatic carbocycles. The number of rotatable bonds is 4. The van der Waals surface area contributed by atoms with Crippen LogP contribution in [0.4, 0.5) is 13.2 Å². The fraction of sp³-hybridized carbons (Fsp3) is 0.308. The van der Waals surface area contributed by atoms with Crippen molar-refractivity contribution in [2.24, 2.45) is 0 Å². The smallest absolute Gasteiger partial charge is 0.306 e. The lowest BCUT2D eigenvalue weighted by Crippen LogP contribution is -2.25. The van der Waals surface area contributed by atoms with E-state index in [1.54, 1.807) is 6.07 Å². The van der Waals surface area contributed by atoms with Gasteiger partial charge < -0.3 is 5.32 Å². The molecule has 0 amide bonds. The number of nitrogens with one attached hydrogen (secondary N) is 1. The summed E-state index contributed by atoms with van der Waals surface area (Å²) < 4.78 is 39.2. The lowest BCUT2D eigenvalue weighted by molar-refractivity contribution is -0.138. The maximum absolute atomic E-state index is 13.1. The Morgan fingerprint density at radius 1 is 1.15 bits per heavy atom. The summed E-state index contributed by atoms with van der Waals surface area (Å²) >= 11 is 0. The second-order valence-electron chi connectivity index (χ2n) is 4.13. The van der Waals surface area contributed by atoms with Crippen molar-refractivity contribution in [1.82, 2.24) is 20.5 Å².